The molecular formula is C22H23N3O4S. The van der Waals surface area contributed by atoms with E-state index < -0.39 is 0 Å². The van der Waals surface area contributed by atoms with Crippen molar-refractivity contribution in [3.63, 3.8) is 0 Å². The minimum Gasteiger partial charge on any atom is -0.497 e. The molecule has 0 aliphatic carbocycles. The molecule has 1 unspecified atom stereocenters. The Morgan fingerprint density at radius 2 is 2.00 bits per heavy atom. The number of carbonyl (C=O) groups excluding carboxylic acids is 3. The van der Waals surface area contributed by atoms with Gasteiger partial charge in [0, 0.05) is 12.2 Å². The summed E-state index contributed by atoms with van der Waals surface area (Å²) in [4.78, 5) is 39.5. The van der Waals surface area contributed by atoms with Crippen LogP contribution < -0.4 is 10.1 Å². The highest BCUT2D eigenvalue weighted by atomic mass is 32.2. The van der Waals surface area contributed by atoms with Crippen molar-refractivity contribution in [1.29, 1.82) is 0 Å². The highest BCUT2D eigenvalue weighted by molar-refractivity contribution is 8.14. The second-order valence-electron chi connectivity index (χ2n) is 7.29. The van der Waals surface area contributed by atoms with Gasteiger partial charge in [0.05, 0.1) is 25.4 Å². The van der Waals surface area contributed by atoms with E-state index in [0.29, 0.717) is 12.2 Å². The van der Waals surface area contributed by atoms with Crippen molar-refractivity contribution in [2.45, 2.75) is 25.4 Å². The number of anilines is 1. The molecule has 2 aromatic rings. The Balaban J connectivity index is 1.40. The Morgan fingerprint density at radius 1 is 1.20 bits per heavy atom. The largest absolute Gasteiger partial charge is 0.497 e. The molecule has 0 spiro atoms. The highest BCUT2D eigenvalue weighted by Crippen LogP contribution is 2.34. The first-order valence-corrected chi connectivity index (χ1v) is 10.8. The number of benzene rings is 2. The maximum Gasteiger partial charge on any atom is 0.322 e. The van der Waals surface area contributed by atoms with Crippen molar-refractivity contribution < 1.29 is 19.1 Å². The van der Waals surface area contributed by atoms with Crippen molar-refractivity contribution in [2.24, 2.45) is 0 Å². The summed E-state index contributed by atoms with van der Waals surface area (Å²) in [5, 5.41) is 2.74. The van der Waals surface area contributed by atoms with Gasteiger partial charge in [-0.1, -0.05) is 36.0 Å². The molecule has 0 aromatic heterocycles. The number of carbonyl (C=O) groups is 3. The number of nitrogens with zero attached hydrogens (tertiary/aromatic N) is 2. The number of hydrogen-bond acceptors (Lipinski definition) is 5. The maximum atomic E-state index is 12.9. The molecular weight excluding hydrogens is 402 g/mol. The third kappa shape index (κ3) is 4.28. The number of methoxy groups -OCH3 is 1. The van der Waals surface area contributed by atoms with Gasteiger partial charge in [0.2, 0.25) is 5.91 Å². The predicted molar refractivity (Wildman–Crippen MR) is 116 cm³/mol. The van der Waals surface area contributed by atoms with Crippen molar-refractivity contribution in [3.05, 3.63) is 59.7 Å². The molecule has 0 saturated carbocycles. The first-order chi connectivity index (χ1) is 14.5. The molecule has 156 valence electrons. The lowest BCUT2D eigenvalue weighted by atomic mass is 10.0. The molecule has 0 radical (unpaired) electrons. The molecule has 2 saturated heterocycles. The topological polar surface area (TPSA) is 79.0 Å². The van der Waals surface area contributed by atoms with Gasteiger partial charge in [0.1, 0.15) is 5.75 Å². The van der Waals surface area contributed by atoms with E-state index >= 15 is 0 Å². The van der Waals surface area contributed by atoms with E-state index in [1.54, 1.807) is 19.2 Å². The van der Waals surface area contributed by atoms with Gasteiger partial charge in [-0.05, 0) is 48.2 Å². The Morgan fingerprint density at radius 3 is 2.70 bits per heavy atom. The van der Waals surface area contributed by atoms with Crippen LogP contribution in [0.3, 0.4) is 0 Å². The normalized spacial score (nSPS) is 18.8. The van der Waals surface area contributed by atoms with Crippen LogP contribution in [-0.2, 0) is 11.3 Å². The van der Waals surface area contributed by atoms with E-state index in [1.807, 2.05) is 41.3 Å². The summed E-state index contributed by atoms with van der Waals surface area (Å²) in [6, 6.07) is 14.9. The second kappa shape index (κ2) is 8.79. The maximum absolute atomic E-state index is 12.9. The van der Waals surface area contributed by atoms with Crippen LogP contribution in [-0.4, -0.2) is 46.4 Å². The van der Waals surface area contributed by atoms with Gasteiger partial charge in [-0.25, -0.2) is 4.79 Å². The number of hydrogen-bond donors (Lipinski definition) is 1. The zero-order chi connectivity index (χ0) is 21.1. The monoisotopic (exact) mass is 425 g/mol. The summed E-state index contributed by atoms with van der Waals surface area (Å²) in [6.07, 6.45) is 1.86. The lowest BCUT2D eigenvalue weighted by Gasteiger charge is -2.25. The van der Waals surface area contributed by atoms with Gasteiger partial charge in [0.25, 0.3) is 5.24 Å². The molecule has 2 aromatic carbocycles. The summed E-state index contributed by atoms with van der Waals surface area (Å²) in [7, 11) is 1.64. The average molecular weight is 426 g/mol. The van der Waals surface area contributed by atoms with Crippen molar-refractivity contribution in [1.82, 2.24) is 9.80 Å². The highest BCUT2D eigenvalue weighted by Gasteiger charge is 2.31. The Hall–Kier alpha value is -3.00. The average Bonchev–Trinajstić information content (AvgIpc) is 3.38. The number of thioether (sulfide) groups is 1. The molecule has 0 bridgehead atoms. The number of urea groups is 1. The summed E-state index contributed by atoms with van der Waals surface area (Å²) >= 11 is 1.03. The van der Waals surface area contributed by atoms with Gasteiger partial charge in [-0.15, -0.1) is 0 Å². The minimum absolute atomic E-state index is 0.0177. The van der Waals surface area contributed by atoms with Gasteiger partial charge < -0.3 is 15.0 Å². The first-order valence-electron chi connectivity index (χ1n) is 9.83. The summed E-state index contributed by atoms with van der Waals surface area (Å²) in [5.74, 6) is 0.820. The number of imide groups is 1. The molecule has 7 nitrogen and oxygen atoms in total. The summed E-state index contributed by atoms with van der Waals surface area (Å²) in [6.45, 7) is 0.950. The molecule has 2 fully saturated rings. The van der Waals surface area contributed by atoms with E-state index in [9.17, 15) is 14.4 Å². The lowest BCUT2D eigenvalue weighted by molar-refractivity contribution is -0.125. The van der Waals surface area contributed by atoms with Crippen LogP contribution >= 0.6 is 11.8 Å². The number of likely N-dealkylation sites (tertiary alicyclic amines) is 1. The molecule has 4 rings (SSSR count). The number of ether oxygens (including phenoxy) is 1. The van der Waals surface area contributed by atoms with Crippen molar-refractivity contribution >= 4 is 34.6 Å². The van der Waals surface area contributed by atoms with E-state index in [2.05, 4.69) is 5.32 Å². The molecule has 1 atom stereocenters. The van der Waals surface area contributed by atoms with Crippen LogP contribution in [0.2, 0.25) is 0 Å². The smallest absolute Gasteiger partial charge is 0.322 e. The fourth-order valence-electron chi connectivity index (χ4n) is 3.81. The number of nitrogens with one attached hydrogen (secondary N) is 1. The Bertz CT molecular complexity index is 947. The molecule has 4 amide bonds. The molecule has 30 heavy (non-hydrogen) atoms. The van der Waals surface area contributed by atoms with Gasteiger partial charge in [-0.3, -0.25) is 14.5 Å². The van der Waals surface area contributed by atoms with Gasteiger partial charge >= 0.3 is 6.03 Å². The molecule has 2 aliphatic heterocycles. The van der Waals surface area contributed by atoms with Crippen LogP contribution in [0.5, 0.6) is 5.75 Å². The van der Waals surface area contributed by atoms with Crippen molar-refractivity contribution in [2.75, 3.05) is 24.7 Å². The third-order valence-corrected chi connectivity index (χ3v) is 6.24. The zero-order valence-electron chi connectivity index (χ0n) is 16.7. The standard InChI is InChI=1S/C22H23N3O4S/c1-29-18-5-2-4-16(12-18)19-6-3-11-24(19)21(27)23-17-9-7-15(8-10-17)13-25-20(26)14-30-22(25)28/h2,4-5,7-10,12,19H,3,6,11,13-14H2,1H3,(H,23,27). The van der Waals surface area contributed by atoms with E-state index in [0.717, 1.165) is 41.5 Å². The fraction of sp³-hybridized carbons (Fsp3) is 0.318. The zero-order valence-corrected chi connectivity index (χ0v) is 17.5. The molecule has 1 N–H and O–H groups in total. The Labute approximate surface area is 179 Å². The molecule has 2 heterocycles. The lowest BCUT2D eigenvalue weighted by Crippen LogP contribution is -2.34. The molecule has 2 aliphatic rings. The van der Waals surface area contributed by atoms with Crippen molar-refractivity contribution in [3.8, 4) is 5.75 Å². The predicted octanol–water partition coefficient (Wildman–Crippen LogP) is 4.26. The third-order valence-electron chi connectivity index (χ3n) is 5.38. The van der Waals surface area contributed by atoms with Crippen LogP contribution in [0.25, 0.3) is 0 Å². The number of amides is 4. The molecule has 8 heteroatoms. The number of rotatable bonds is 5. The van der Waals surface area contributed by atoms with Crippen LogP contribution in [0.4, 0.5) is 15.3 Å². The Kier molecular flexibility index (Phi) is 5.94. The SMILES string of the molecule is COc1cccc(C2CCCN2C(=O)Nc2ccc(CN3C(=O)CSC3=O)cc2)c1. The quantitative estimate of drug-likeness (QED) is 0.774. The fourth-order valence-corrected chi connectivity index (χ4v) is 4.54. The van der Waals surface area contributed by atoms with E-state index in [4.69, 9.17) is 4.74 Å². The van der Waals surface area contributed by atoms with Crippen LogP contribution in [0.1, 0.15) is 30.0 Å². The summed E-state index contributed by atoms with van der Waals surface area (Å²) < 4.78 is 5.31. The van der Waals surface area contributed by atoms with Gasteiger partial charge in [0.15, 0.2) is 0 Å². The van der Waals surface area contributed by atoms with Gasteiger partial charge in [-0.2, -0.15) is 0 Å². The minimum atomic E-state index is -0.213. The van der Waals surface area contributed by atoms with Crippen LogP contribution in [0, 0.1) is 0 Å². The summed E-state index contributed by atoms with van der Waals surface area (Å²) in [5.41, 5.74) is 2.58. The second-order valence-corrected chi connectivity index (χ2v) is 8.22. The van der Waals surface area contributed by atoms with E-state index in [1.165, 1.54) is 4.90 Å². The van der Waals surface area contributed by atoms with Crippen LogP contribution in [0.15, 0.2) is 48.5 Å². The first kappa shape index (κ1) is 20.3. The van der Waals surface area contributed by atoms with E-state index in [-0.39, 0.29) is 35.5 Å².